The van der Waals surface area contributed by atoms with Gasteiger partial charge in [0.2, 0.25) is 0 Å². The van der Waals surface area contributed by atoms with Crippen LogP contribution in [-0.2, 0) is 28.6 Å². The molecule has 0 amide bonds. The van der Waals surface area contributed by atoms with Crippen LogP contribution in [0.15, 0.2) is 60.8 Å². The molecule has 0 aliphatic heterocycles. The summed E-state index contributed by atoms with van der Waals surface area (Å²) in [6.45, 7) is 6.49. The molecule has 0 fully saturated rings. The summed E-state index contributed by atoms with van der Waals surface area (Å²) in [6, 6.07) is 0. The molecule has 0 saturated heterocycles. The van der Waals surface area contributed by atoms with E-state index in [0.29, 0.717) is 19.3 Å². The molecule has 0 aromatic rings. The number of unbranched alkanes of at least 4 members (excludes halogenated alkanes) is 25. The van der Waals surface area contributed by atoms with Gasteiger partial charge in [0.05, 0.1) is 0 Å². The SMILES string of the molecule is CC/C=C\C/C=C\C/C=C\C/C=C\C/C=C\CCCCCC(=O)OCC(COC(=O)CCCCCCCCCCC)OC(=O)CCCCCCCCCCCCCCCCC. The zero-order valence-corrected chi connectivity index (χ0v) is 40.2. The summed E-state index contributed by atoms with van der Waals surface area (Å²) < 4.78 is 16.7. The molecule has 0 heterocycles. The quantitative estimate of drug-likeness (QED) is 0.0263. The van der Waals surface area contributed by atoms with Gasteiger partial charge in [-0.1, -0.05) is 229 Å². The van der Waals surface area contributed by atoms with E-state index >= 15 is 0 Å². The van der Waals surface area contributed by atoms with Gasteiger partial charge in [0.25, 0.3) is 0 Å². The Hall–Kier alpha value is -2.89. The van der Waals surface area contributed by atoms with E-state index in [4.69, 9.17) is 14.2 Å². The van der Waals surface area contributed by atoms with Crippen molar-refractivity contribution in [2.45, 2.75) is 258 Å². The molecule has 1 unspecified atom stereocenters. The lowest BCUT2D eigenvalue weighted by Crippen LogP contribution is -2.30. The van der Waals surface area contributed by atoms with E-state index in [1.54, 1.807) is 0 Å². The molecule has 0 saturated carbocycles. The maximum atomic E-state index is 12.8. The number of carbonyl (C=O) groups is 3. The van der Waals surface area contributed by atoms with Crippen LogP contribution in [0.2, 0.25) is 0 Å². The highest BCUT2D eigenvalue weighted by Crippen LogP contribution is 2.15. The minimum Gasteiger partial charge on any atom is -0.462 e. The van der Waals surface area contributed by atoms with E-state index in [2.05, 4.69) is 81.5 Å². The number of esters is 3. The fourth-order valence-corrected chi connectivity index (χ4v) is 7.17. The second-order valence-corrected chi connectivity index (χ2v) is 17.1. The topological polar surface area (TPSA) is 78.9 Å². The van der Waals surface area contributed by atoms with Crippen molar-refractivity contribution in [3.05, 3.63) is 60.8 Å². The molecule has 0 spiro atoms. The Morgan fingerprint density at radius 1 is 0.344 bits per heavy atom. The van der Waals surface area contributed by atoms with Gasteiger partial charge in [-0.15, -0.1) is 0 Å². The van der Waals surface area contributed by atoms with Crippen molar-refractivity contribution < 1.29 is 28.6 Å². The second-order valence-electron chi connectivity index (χ2n) is 17.1. The van der Waals surface area contributed by atoms with Gasteiger partial charge in [0.1, 0.15) is 13.2 Å². The Kier molecular flexibility index (Phi) is 47.4. The summed E-state index contributed by atoms with van der Waals surface area (Å²) >= 11 is 0. The molecular formula is C55H96O6. The van der Waals surface area contributed by atoms with Gasteiger partial charge in [0, 0.05) is 19.3 Å². The minimum absolute atomic E-state index is 0.0820. The van der Waals surface area contributed by atoms with Crippen LogP contribution in [0.5, 0.6) is 0 Å². The van der Waals surface area contributed by atoms with E-state index in [0.717, 1.165) is 96.3 Å². The van der Waals surface area contributed by atoms with Crippen LogP contribution in [0.3, 0.4) is 0 Å². The Balaban J connectivity index is 4.37. The Morgan fingerprint density at radius 3 is 1.00 bits per heavy atom. The van der Waals surface area contributed by atoms with Gasteiger partial charge in [-0.05, 0) is 64.2 Å². The normalized spacial score (nSPS) is 12.5. The molecule has 0 aromatic carbocycles. The van der Waals surface area contributed by atoms with E-state index in [1.165, 1.54) is 116 Å². The minimum atomic E-state index is -0.782. The molecule has 6 nitrogen and oxygen atoms in total. The van der Waals surface area contributed by atoms with Crippen molar-refractivity contribution in [1.82, 2.24) is 0 Å². The van der Waals surface area contributed by atoms with Crippen LogP contribution in [0.4, 0.5) is 0 Å². The number of rotatable bonds is 46. The highest BCUT2D eigenvalue weighted by Gasteiger charge is 2.19. The van der Waals surface area contributed by atoms with Crippen LogP contribution in [0, 0.1) is 0 Å². The molecule has 6 heteroatoms. The molecule has 0 aromatic heterocycles. The summed E-state index contributed by atoms with van der Waals surface area (Å²) in [5.74, 6) is -0.912. The van der Waals surface area contributed by atoms with Crippen LogP contribution >= 0.6 is 0 Å². The van der Waals surface area contributed by atoms with Crippen molar-refractivity contribution in [3.63, 3.8) is 0 Å². The third kappa shape index (κ3) is 48.0. The largest absolute Gasteiger partial charge is 0.462 e. The first-order valence-electron chi connectivity index (χ1n) is 25.8. The average Bonchev–Trinajstić information content (AvgIpc) is 3.26. The van der Waals surface area contributed by atoms with Crippen molar-refractivity contribution >= 4 is 17.9 Å². The van der Waals surface area contributed by atoms with Crippen LogP contribution in [0.25, 0.3) is 0 Å². The van der Waals surface area contributed by atoms with Gasteiger partial charge in [-0.2, -0.15) is 0 Å². The molecule has 0 aliphatic carbocycles. The Morgan fingerprint density at radius 2 is 0.639 bits per heavy atom. The molecule has 61 heavy (non-hydrogen) atoms. The molecule has 0 N–H and O–H groups in total. The number of ether oxygens (including phenoxy) is 3. The second kappa shape index (κ2) is 49.8. The fraction of sp³-hybridized carbons (Fsp3) is 0.764. The van der Waals surface area contributed by atoms with Crippen molar-refractivity contribution in [2.24, 2.45) is 0 Å². The zero-order chi connectivity index (χ0) is 44.4. The lowest BCUT2D eigenvalue weighted by atomic mass is 10.0. The molecule has 0 aliphatic rings. The molecule has 1 atom stereocenters. The van der Waals surface area contributed by atoms with Gasteiger partial charge >= 0.3 is 17.9 Å². The number of hydrogen-bond donors (Lipinski definition) is 0. The van der Waals surface area contributed by atoms with E-state index in [1.807, 2.05) is 0 Å². The summed E-state index contributed by atoms with van der Waals surface area (Å²) in [7, 11) is 0. The third-order valence-electron chi connectivity index (χ3n) is 11.0. The summed E-state index contributed by atoms with van der Waals surface area (Å²) in [6.07, 6.45) is 60.6. The Bertz CT molecular complexity index is 1120. The maximum Gasteiger partial charge on any atom is 0.306 e. The van der Waals surface area contributed by atoms with E-state index < -0.39 is 6.10 Å². The summed E-state index contributed by atoms with van der Waals surface area (Å²) in [5, 5.41) is 0. The number of carbonyl (C=O) groups excluding carboxylic acids is 3. The molecule has 352 valence electrons. The van der Waals surface area contributed by atoms with Crippen molar-refractivity contribution in [1.29, 1.82) is 0 Å². The van der Waals surface area contributed by atoms with Crippen molar-refractivity contribution in [3.8, 4) is 0 Å². The lowest BCUT2D eigenvalue weighted by Gasteiger charge is -2.18. The van der Waals surface area contributed by atoms with Gasteiger partial charge in [0.15, 0.2) is 6.10 Å². The average molecular weight is 853 g/mol. The molecule has 0 rings (SSSR count). The summed E-state index contributed by atoms with van der Waals surface area (Å²) in [4.78, 5) is 37.9. The smallest absolute Gasteiger partial charge is 0.306 e. The predicted octanol–water partition coefficient (Wildman–Crippen LogP) is 16.9. The lowest BCUT2D eigenvalue weighted by molar-refractivity contribution is -0.167. The zero-order valence-electron chi connectivity index (χ0n) is 40.2. The van der Waals surface area contributed by atoms with Gasteiger partial charge in [-0.3, -0.25) is 14.4 Å². The van der Waals surface area contributed by atoms with E-state index in [-0.39, 0.29) is 31.1 Å². The first-order chi connectivity index (χ1) is 30.0. The molecule has 0 bridgehead atoms. The highest BCUT2D eigenvalue weighted by atomic mass is 16.6. The maximum absolute atomic E-state index is 12.8. The monoisotopic (exact) mass is 853 g/mol. The predicted molar refractivity (Wildman–Crippen MR) is 261 cm³/mol. The first kappa shape index (κ1) is 58.1. The highest BCUT2D eigenvalue weighted by molar-refractivity contribution is 5.71. The van der Waals surface area contributed by atoms with Gasteiger partial charge in [-0.25, -0.2) is 0 Å². The molecule has 0 radical (unpaired) electrons. The standard InChI is InChI=1S/C55H96O6/c1-4-7-10-13-16-19-21-23-25-26-27-28-30-31-33-36-39-42-45-48-54(57)60-51-52(50-59-53(56)47-44-41-38-35-18-15-12-9-6-3)61-55(58)49-46-43-40-37-34-32-29-24-22-20-17-14-11-8-5-2/h7,10,16,19,23,25,27-28,31,33,52H,4-6,8-9,11-15,17-18,20-22,24,26,29-30,32,34-51H2,1-3H3/b10-7-,19-16-,25-23-,28-27-,33-31-. The molecular weight excluding hydrogens is 757 g/mol. The van der Waals surface area contributed by atoms with Crippen molar-refractivity contribution in [2.75, 3.05) is 13.2 Å². The van der Waals surface area contributed by atoms with Crippen LogP contribution in [0.1, 0.15) is 252 Å². The van der Waals surface area contributed by atoms with Gasteiger partial charge < -0.3 is 14.2 Å². The fourth-order valence-electron chi connectivity index (χ4n) is 7.17. The van der Waals surface area contributed by atoms with E-state index in [9.17, 15) is 14.4 Å². The van der Waals surface area contributed by atoms with Crippen LogP contribution < -0.4 is 0 Å². The third-order valence-corrected chi connectivity index (χ3v) is 11.0. The van der Waals surface area contributed by atoms with Crippen LogP contribution in [-0.4, -0.2) is 37.2 Å². The Labute approximate surface area is 377 Å². The number of hydrogen-bond acceptors (Lipinski definition) is 6. The number of allylic oxidation sites excluding steroid dienone is 10. The summed E-state index contributed by atoms with van der Waals surface area (Å²) in [5.41, 5.74) is 0. The first-order valence-corrected chi connectivity index (χ1v) is 25.8.